The zero-order chi connectivity index (χ0) is 15.7. The summed E-state index contributed by atoms with van der Waals surface area (Å²) in [6.45, 7) is 15.5. The van der Waals surface area contributed by atoms with Crippen LogP contribution >= 0.6 is 0 Å². The van der Waals surface area contributed by atoms with Gasteiger partial charge in [0.2, 0.25) is 0 Å². The van der Waals surface area contributed by atoms with Crippen LogP contribution in [0, 0.1) is 27.7 Å². The van der Waals surface area contributed by atoms with Crippen molar-refractivity contribution in [1.29, 1.82) is 0 Å². The molecule has 0 saturated carbocycles. The van der Waals surface area contributed by atoms with Gasteiger partial charge in [0, 0.05) is 0 Å². The molecule has 2 aromatic carbocycles. The van der Waals surface area contributed by atoms with Gasteiger partial charge < -0.3 is 24.8 Å². The Balaban J connectivity index is -0.000000237. The Morgan fingerprint density at radius 2 is 1.14 bits per heavy atom. The maximum atomic E-state index is 2.38. The van der Waals surface area contributed by atoms with Gasteiger partial charge in [0.1, 0.15) is 0 Å². The van der Waals surface area contributed by atoms with E-state index in [1.165, 1.54) is 22.3 Å². The first kappa shape index (κ1) is 27.2. The third-order valence-electron chi connectivity index (χ3n) is 3.49. The molecule has 0 N–H and O–H groups in total. The van der Waals surface area contributed by atoms with Gasteiger partial charge in [0.05, 0.1) is 0 Å². The monoisotopic (exact) mass is 432 g/mol. The Morgan fingerprint density at radius 3 is 1.18 bits per heavy atom. The molecule has 0 amide bonds. The van der Waals surface area contributed by atoms with E-state index < -0.39 is 0 Å². The molecule has 0 nitrogen and oxygen atoms in total. The fraction of sp³-hybridized carbons (Fsp3) is 0.444. The fourth-order valence-corrected chi connectivity index (χ4v) is 1.20. The molecular weight excluding hydrogens is 406 g/mol. The first-order chi connectivity index (χ1) is 9.25. The van der Waals surface area contributed by atoms with Crippen molar-refractivity contribution in [1.82, 2.24) is 0 Å². The Labute approximate surface area is 165 Å². The molecule has 0 bridgehead atoms. The number of halogens is 2. The molecule has 2 rings (SSSR count). The van der Waals surface area contributed by atoms with Gasteiger partial charge in [-0.2, -0.15) is 46.5 Å². The average Bonchev–Trinajstić information content (AvgIpc) is 2.91. The molecule has 2 aromatic rings. The van der Waals surface area contributed by atoms with E-state index in [1.807, 2.05) is 0 Å². The van der Waals surface area contributed by atoms with Gasteiger partial charge in [-0.3, -0.25) is 0 Å². The van der Waals surface area contributed by atoms with Gasteiger partial charge in [-0.25, -0.2) is 12.1 Å². The first-order valence-electron chi connectivity index (χ1n) is 7.18. The molecule has 0 saturated heterocycles. The van der Waals surface area contributed by atoms with Crippen molar-refractivity contribution < 1.29 is 48.1 Å². The maximum Gasteiger partial charge on any atom is -0.0632 e. The van der Waals surface area contributed by atoms with E-state index in [2.05, 4.69) is 84.5 Å². The van der Waals surface area contributed by atoms with E-state index >= 15 is 0 Å². The molecule has 124 valence electrons. The van der Waals surface area contributed by atoms with E-state index in [0.717, 1.165) is 5.54 Å². The van der Waals surface area contributed by atoms with Crippen molar-refractivity contribution in [3.63, 3.8) is 0 Å². The molecule has 0 aliphatic heterocycles. The minimum absolute atomic E-state index is 0. The van der Waals surface area contributed by atoms with E-state index in [-0.39, 0.29) is 30.2 Å². The zero-order valence-corrected chi connectivity index (χ0v) is 19.8. The van der Waals surface area contributed by atoms with Crippen LogP contribution < -0.4 is 24.8 Å². The third kappa shape index (κ3) is 12.9. The van der Waals surface area contributed by atoms with Gasteiger partial charge in [-0.1, -0.05) is 27.7 Å². The van der Waals surface area contributed by atoms with Crippen LogP contribution in [0.3, 0.4) is 0 Å². The molecule has 22 heavy (non-hydrogen) atoms. The van der Waals surface area contributed by atoms with Crippen LogP contribution in [-0.4, -0.2) is 5.43 Å². The molecule has 0 aliphatic carbocycles. The van der Waals surface area contributed by atoms with Gasteiger partial charge in [-0.05, 0) is 0 Å². The first-order valence-corrected chi connectivity index (χ1v) is 12.9. The van der Waals surface area contributed by atoms with Crippen LogP contribution in [0.5, 0.6) is 0 Å². The van der Waals surface area contributed by atoms with Crippen molar-refractivity contribution in [3.05, 3.63) is 58.7 Å². The summed E-state index contributed by atoms with van der Waals surface area (Å²) in [4.78, 5) is 0. The largest absolute Gasteiger partial charge is 1.00 e. The number of hydrogen-bond donors (Lipinski definition) is 0. The topological polar surface area (TPSA) is 0 Å². The maximum absolute atomic E-state index is 2.38. The number of rotatable bonds is 1. The second-order valence-electron chi connectivity index (χ2n) is 5.62. The van der Waals surface area contributed by atoms with Gasteiger partial charge in [0.25, 0.3) is 0 Å². The summed E-state index contributed by atoms with van der Waals surface area (Å²) < 4.78 is 0. The molecule has 4 heteroatoms. The third-order valence-corrected chi connectivity index (χ3v) is 9.48. The molecule has 0 spiro atoms. The van der Waals surface area contributed by atoms with Gasteiger partial charge in [0.15, 0.2) is 0 Å². The molecular formula is C18H28Cl2SiZr-2. The summed E-state index contributed by atoms with van der Waals surface area (Å²) in [7, 11) is 0. The molecule has 0 radical (unpaired) electrons. The molecule has 0 aliphatic rings. The minimum Gasteiger partial charge on any atom is -1.00 e. The van der Waals surface area contributed by atoms with Crippen LogP contribution in [-0.2, 0) is 23.3 Å². The van der Waals surface area contributed by atoms with Crippen molar-refractivity contribution >= 4 is 5.43 Å². The summed E-state index contributed by atoms with van der Waals surface area (Å²) in [6, 6.07) is 12.6. The zero-order valence-electron chi connectivity index (χ0n) is 14.8. The minimum atomic E-state index is 0. The molecule has 0 unspecified atom stereocenters. The van der Waals surface area contributed by atoms with E-state index in [4.69, 9.17) is 0 Å². The molecule has 0 fully saturated rings. The summed E-state index contributed by atoms with van der Waals surface area (Å²) in [5.41, 5.74) is 6.69. The SMILES string of the molecule is CC(C)[Si](C)=[Zr+2].Cc1cc[cH-]c1C.Cc1cc[cH-]c1C.[Cl-].[Cl-]. The second-order valence-corrected chi connectivity index (χ2v) is 14.0. The van der Waals surface area contributed by atoms with Crippen molar-refractivity contribution in [2.75, 3.05) is 0 Å². The molecule has 0 aromatic heterocycles. The Kier molecular flexibility index (Phi) is 18.5. The van der Waals surface area contributed by atoms with Crippen molar-refractivity contribution in [3.8, 4) is 0 Å². The predicted molar refractivity (Wildman–Crippen MR) is 89.7 cm³/mol. The second kappa shape index (κ2) is 14.9. The van der Waals surface area contributed by atoms with E-state index in [1.54, 1.807) is 23.3 Å². The van der Waals surface area contributed by atoms with Gasteiger partial charge >= 0.3 is 54.7 Å². The van der Waals surface area contributed by atoms with Crippen molar-refractivity contribution in [2.24, 2.45) is 0 Å². The average molecular weight is 435 g/mol. The Hall–Kier alpha value is 0.380. The Morgan fingerprint density at radius 1 is 0.864 bits per heavy atom. The normalized spacial score (nSPS) is 8.64. The van der Waals surface area contributed by atoms with Crippen LogP contribution in [0.1, 0.15) is 36.1 Å². The van der Waals surface area contributed by atoms with Crippen LogP contribution in [0.4, 0.5) is 0 Å². The molecule has 0 atom stereocenters. The van der Waals surface area contributed by atoms with E-state index in [0.29, 0.717) is 0 Å². The van der Waals surface area contributed by atoms with Crippen molar-refractivity contribution in [2.45, 2.75) is 53.6 Å². The van der Waals surface area contributed by atoms with Crippen LogP contribution in [0.15, 0.2) is 36.4 Å². The molecule has 0 heterocycles. The number of aryl methyl sites for hydroxylation is 4. The fourth-order valence-electron chi connectivity index (χ4n) is 1.20. The smallest absolute Gasteiger partial charge is 0.0632 e. The van der Waals surface area contributed by atoms with Gasteiger partial charge in [-0.15, -0.1) is 0 Å². The van der Waals surface area contributed by atoms with E-state index in [9.17, 15) is 0 Å². The Bertz CT molecular complexity index is 441. The van der Waals surface area contributed by atoms with Crippen LogP contribution in [0.25, 0.3) is 0 Å². The summed E-state index contributed by atoms with van der Waals surface area (Å²) >= 11 is 1.77. The predicted octanol–water partition coefficient (Wildman–Crippen LogP) is -0.383. The number of hydrogen-bond acceptors (Lipinski definition) is 0. The van der Waals surface area contributed by atoms with Crippen LogP contribution in [0.2, 0.25) is 12.1 Å². The standard InChI is InChI=1S/2C7H9.C4H10Si.2ClH.Zr/c2*1-6-4-3-5-7(6)2;1-4(2)5-3;;;/h2*3-5H,1-2H3;4H,1-3H3;2*1H;/q2*-1;;;;+2/p-2. The quantitative estimate of drug-likeness (QED) is 0.424. The summed E-state index contributed by atoms with van der Waals surface area (Å²) in [5.74, 6) is 0. The summed E-state index contributed by atoms with van der Waals surface area (Å²) in [6.07, 6.45) is 0. The summed E-state index contributed by atoms with van der Waals surface area (Å²) in [5, 5.41) is 0.